The third-order valence-electron chi connectivity index (χ3n) is 5.31. The zero-order valence-corrected chi connectivity index (χ0v) is 13.4. The first kappa shape index (κ1) is 14.7. The summed E-state index contributed by atoms with van der Waals surface area (Å²) in [6.45, 7) is 0. The lowest BCUT2D eigenvalue weighted by atomic mass is 9.78. The van der Waals surface area contributed by atoms with E-state index >= 15 is 0 Å². The topological polar surface area (TPSA) is 17.8 Å². The lowest BCUT2D eigenvalue weighted by Gasteiger charge is -2.31. The molecule has 1 aliphatic heterocycles. The highest BCUT2D eigenvalue weighted by Crippen LogP contribution is 2.42. The van der Waals surface area contributed by atoms with Gasteiger partial charge in [-0.2, -0.15) is 0 Å². The van der Waals surface area contributed by atoms with Crippen molar-refractivity contribution in [3.05, 3.63) is 65.6 Å². The van der Waals surface area contributed by atoms with E-state index in [0.717, 1.165) is 25.7 Å². The van der Waals surface area contributed by atoms with Gasteiger partial charge in [0.25, 0.3) is 0 Å². The number of nitrogens with zero attached hydrogens (tertiary/aromatic N) is 2. The fourth-order valence-electron chi connectivity index (χ4n) is 4.15. The minimum absolute atomic E-state index is 0.00176. The summed E-state index contributed by atoms with van der Waals surface area (Å²) in [5.41, 5.74) is 3.96. The van der Waals surface area contributed by atoms with Crippen LogP contribution in [0.1, 0.15) is 50.3 Å². The second-order valence-corrected chi connectivity index (χ2v) is 6.77. The average molecular weight is 310 g/mol. The van der Waals surface area contributed by atoms with E-state index in [0.29, 0.717) is 12.5 Å². The molecule has 0 saturated heterocycles. The molecule has 3 heteroatoms. The van der Waals surface area contributed by atoms with Crippen LogP contribution in [0.3, 0.4) is 0 Å². The molecule has 0 bridgehead atoms. The van der Waals surface area contributed by atoms with Crippen molar-refractivity contribution in [3.63, 3.8) is 0 Å². The van der Waals surface area contributed by atoms with Gasteiger partial charge in [-0.15, -0.1) is 0 Å². The van der Waals surface area contributed by atoms with Crippen molar-refractivity contribution in [2.24, 2.45) is 5.92 Å². The number of imidazole rings is 1. The number of allylic oxidation sites excluding steroid dienone is 8. The third kappa shape index (κ3) is 2.85. The van der Waals surface area contributed by atoms with Crippen LogP contribution in [0.5, 0.6) is 0 Å². The van der Waals surface area contributed by atoms with E-state index in [1.807, 2.05) is 18.6 Å². The molecule has 0 fully saturated rings. The van der Waals surface area contributed by atoms with Crippen LogP contribution in [-0.4, -0.2) is 9.55 Å². The Bertz CT molecular complexity index is 705. The third-order valence-corrected chi connectivity index (χ3v) is 5.31. The van der Waals surface area contributed by atoms with E-state index in [1.165, 1.54) is 29.7 Å². The summed E-state index contributed by atoms with van der Waals surface area (Å²) in [4.78, 5) is 4.36. The maximum Gasteiger partial charge on any atom is 0.101 e. The van der Waals surface area contributed by atoms with Gasteiger partial charge in [0, 0.05) is 24.2 Å². The SMILES string of the molecule is FC1=CC=C(C2CCCCc3cncn32)C(C2=CCCC=C2)C1. The van der Waals surface area contributed by atoms with Crippen LogP contribution in [0.25, 0.3) is 0 Å². The molecule has 2 nitrogen and oxygen atoms in total. The van der Waals surface area contributed by atoms with Crippen molar-refractivity contribution in [1.82, 2.24) is 9.55 Å². The molecule has 0 radical (unpaired) electrons. The number of hydrogen-bond donors (Lipinski definition) is 0. The summed E-state index contributed by atoms with van der Waals surface area (Å²) >= 11 is 0. The first-order valence-corrected chi connectivity index (χ1v) is 8.76. The lowest BCUT2D eigenvalue weighted by molar-refractivity contribution is 0.451. The highest BCUT2D eigenvalue weighted by atomic mass is 19.1. The van der Waals surface area contributed by atoms with E-state index in [9.17, 15) is 4.39 Å². The quantitative estimate of drug-likeness (QED) is 0.731. The summed E-state index contributed by atoms with van der Waals surface area (Å²) in [5, 5.41) is 0. The maximum absolute atomic E-state index is 14.0. The second-order valence-electron chi connectivity index (χ2n) is 6.77. The first-order valence-electron chi connectivity index (χ1n) is 8.76. The number of aromatic nitrogens is 2. The Kier molecular flexibility index (Phi) is 4.02. The molecular weight excluding hydrogens is 287 g/mol. The summed E-state index contributed by atoms with van der Waals surface area (Å²) in [6, 6.07) is 0.320. The van der Waals surface area contributed by atoms with Crippen LogP contribution in [0.15, 0.2) is 59.9 Å². The van der Waals surface area contributed by atoms with Crippen molar-refractivity contribution >= 4 is 0 Å². The fourth-order valence-corrected chi connectivity index (χ4v) is 4.15. The molecule has 0 N–H and O–H groups in total. The predicted molar refractivity (Wildman–Crippen MR) is 90.7 cm³/mol. The zero-order chi connectivity index (χ0) is 15.6. The molecule has 3 aliphatic rings. The van der Waals surface area contributed by atoms with E-state index in [-0.39, 0.29) is 11.7 Å². The summed E-state index contributed by atoms with van der Waals surface area (Å²) in [6.07, 6.45) is 21.7. The Hall–Kier alpha value is -1.90. The van der Waals surface area contributed by atoms with Gasteiger partial charge in [0.15, 0.2) is 0 Å². The standard InChI is InChI=1S/C20H23FN2/c21-16-10-11-18(19(12-16)15-6-2-1-3-7-15)20-9-5-4-8-17-13-22-14-23(17)20/h2,6-7,10-11,13-14,19-20H,1,3-5,8-9,12H2. The van der Waals surface area contributed by atoms with Gasteiger partial charge in [0.1, 0.15) is 5.83 Å². The van der Waals surface area contributed by atoms with E-state index in [2.05, 4.69) is 27.8 Å². The van der Waals surface area contributed by atoms with Crippen molar-refractivity contribution in [2.75, 3.05) is 0 Å². The van der Waals surface area contributed by atoms with Crippen LogP contribution in [0, 0.1) is 5.92 Å². The number of hydrogen-bond acceptors (Lipinski definition) is 1. The Balaban J connectivity index is 1.73. The van der Waals surface area contributed by atoms with Crippen molar-refractivity contribution < 1.29 is 4.39 Å². The van der Waals surface area contributed by atoms with Gasteiger partial charge in [-0.25, -0.2) is 9.37 Å². The molecule has 23 heavy (non-hydrogen) atoms. The average Bonchev–Trinajstić information content (AvgIpc) is 2.96. The monoisotopic (exact) mass is 310 g/mol. The Morgan fingerprint density at radius 2 is 2.13 bits per heavy atom. The number of rotatable bonds is 2. The van der Waals surface area contributed by atoms with E-state index < -0.39 is 0 Å². The van der Waals surface area contributed by atoms with Crippen LogP contribution in [0.2, 0.25) is 0 Å². The molecule has 2 heterocycles. The number of aryl methyl sites for hydroxylation is 1. The van der Waals surface area contributed by atoms with Gasteiger partial charge in [-0.1, -0.05) is 30.7 Å². The molecule has 2 aliphatic carbocycles. The van der Waals surface area contributed by atoms with Gasteiger partial charge >= 0.3 is 0 Å². The highest BCUT2D eigenvalue weighted by Gasteiger charge is 2.30. The van der Waals surface area contributed by atoms with Gasteiger partial charge in [-0.3, -0.25) is 0 Å². The van der Waals surface area contributed by atoms with Crippen molar-refractivity contribution in [2.45, 2.75) is 51.0 Å². The van der Waals surface area contributed by atoms with Crippen LogP contribution in [-0.2, 0) is 6.42 Å². The van der Waals surface area contributed by atoms with Crippen LogP contribution < -0.4 is 0 Å². The highest BCUT2D eigenvalue weighted by molar-refractivity contribution is 5.39. The minimum Gasteiger partial charge on any atom is -0.327 e. The smallest absolute Gasteiger partial charge is 0.101 e. The van der Waals surface area contributed by atoms with Gasteiger partial charge in [0.2, 0.25) is 0 Å². The van der Waals surface area contributed by atoms with E-state index in [4.69, 9.17) is 0 Å². The normalized spacial score (nSPS) is 27.6. The molecular formula is C20H23FN2. The Morgan fingerprint density at radius 3 is 3.00 bits per heavy atom. The Labute approximate surface area is 137 Å². The fraction of sp³-hybridized carbons (Fsp3) is 0.450. The zero-order valence-electron chi connectivity index (χ0n) is 13.4. The molecule has 4 rings (SSSR count). The minimum atomic E-state index is -0.00176. The number of fused-ring (bicyclic) bond motifs is 1. The van der Waals surface area contributed by atoms with Gasteiger partial charge < -0.3 is 4.57 Å². The van der Waals surface area contributed by atoms with Gasteiger partial charge in [0.05, 0.1) is 12.4 Å². The second kappa shape index (κ2) is 6.31. The molecule has 2 atom stereocenters. The number of halogens is 1. The lowest BCUT2D eigenvalue weighted by Crippen LogP contribution is -2.21. The first-order chi connectivity index (χ1) is 11.3. The van der Waals surface area contributed by atoms with E-state index in [1.54, 1.807) is 6.08 Å². The van der Waals surface area contributed by atoms with Crippen molar-refractivity contribution in [1.29, 1.82) is 0 Å². The summed E-state index contributed by atoms with van der Waals surface area (Å²) in [5.74, 6) is 0.174. The largest absolute Gasteiger partial charge is 0.327 e. The maximum atomic E-state index is 14.0. The van der Waals surface area contributed by atoms with Crippen LogP contribution >= 0.6 is 0 Å². The summed E-state index contributed by atoms with van der Waals surface area (Å²) in [7, 11) is 0. The van der Waals surface area contributed by atoms with Crippen LogP contribution in [0.4, 0.5) is 4.39 Å². The molecule has 120 valence electrons. The molecule has 0 saturated carbocycles. The Morgan fingerprint density at radius 1 is 1.17 bits per heavy atom. The molecule has 0 spiro atoms. The molecule has 2 unspecified atom stereocenters. The summed E-state index contributed by atoms with van der Waals surface area (Å²) < 4.78 is 16.3. The molecule has 0 amide bonds. The van der Waals surface area contributed by atoms with Gasteiger partial charge in [-0.05, 0) is 49.3 Å². The molecule has 1 aromatic heterocycles. The molecule has 1 aromatic rings. The predicted octanol–water partition coefficient (Wildman–Crippen LogP) is 5.23. The van der Waals surface area contributed by atoms with Crippen molar-refractivity contribution in [3.8, 4) is 0 Å². The molecule has 0 aromatic carbocycles.